The van der Waals surface area contributed by atoms with Gasteiger partial charge in [-0.05, 0) is 19.8 Å². The minimum Gasteiger partial charge on any atom is -0.392 e. The van der Waals surface area contributed by atoms with Crippen LogP contribution in [0, 0.1) is 11.8 Å². The van der Waals surface area contributed by atoms with E-state index in [1.807, 2.05) is 13.8 Å². The third-order valence-electron chi connectivity index (χ3n) is 2.21. The second kappa shape index (κ2) is 4.20. The van der Waals surface area contributed by atoms with Crippen molar-refractivity contribution in [3.05, 3.63) is 0 Å². The van der Waals surface area contributed by atoms with Gasteiger partial charge < -0.3 is 10.2 Å². The highest BCUT2D eigenvalue weighted by Crippen LogP contribution is 2.19. The summed E-state index contributed by atoms with van der Waals surface area (Å²) < 4.78 is 0. The predicted octanol–water partition coefficient (Wildman–Crippen LogP) is 0.979. The molecule has 0 aliphatic rings. The van der Waals surface area contributed by atoms with Crippen LogP contribution in [0.2, 0.25) is 0 Å². The quantitative estimate of drug-likeness (QED) is 0.691. The van der Waals surface area contributed by atoms with E-state index in [1.54, 1.807) is 6.92 Å². The molecule has 0 aromatic heterocycles. The molecule has 0 aromatic carbocycles. The first-order valence-electron chi connectivity index (χ1n) is 4.62. The Balaban J connectivity index is 4.44. The number of aliphatic hydroxyl groups excluding tert-OH is 1. The number of hydrogen-bond acceptors (Lipinski definition) is 3. The topological polar surface area (TPSA) is 57.5 Å². The smallest absolute Gasteiger partial charge is 0.169 e. The average molecular weight is 188 g/mol. The van der Waals surface area contributed by atoms with Crippen LogP contribution in [-0.2, 0) is 4.79 Å². The van der Waals surface area contributed by atoms with Crippen molar-refractivity contribution in [2.24, 2.45) is 11.8 Å². The number of carbonyl (C=O) groups excluding carboxylic acids is 1. The fourth-order valence-electron chi connectivity index (χ4n) is 1.29. The Morgan fingerprint density at radius 3 is 1.85 bits per heavy atom. The molecule has 0 aromatic rings. The van der Waals surface area contributed by atoms with Crippen molar-refractivity contribution in [3.8, 4) is 0 Å². The van der Waals surface area contributed by atoms with Crippen LogP contribution in [0.5, 0.6) is 0 Å². The van der Waals surface area contributed by atoms with Crippen LogP contribution in [0.1, 0.15) is 34.6 Å². The van der Waals surface area contributed by atoms with Gasteiger partial charge in [-0.25, -0.2) is 0 Å². The zero-order valence-electron chi connectivity index (χ0n) is 9.03. The van der Waals surface area contributed by atoms with E-state index in [-0.39, 0.29) is 11.7 Å². The van der Waals surface area contributed by atoms with Crippen molar-refractivity contribution < 1.29 is 15.0 Å². The summed E-state index contributed by atoms with van der Waals surface area (Å²) in [5, 5.41) is 19.0. The van der Waals surface area contributed by atoms with E-state index in [1.165, 1.54) is 13.8 Å². The lowest BCUT2D eigenvalue weighted by atomic mass is 9.85. The first-order chi connectivity index (χ1) is 5.68. The Hall–Kier alpha value is -0.410. The molecule has 0 heterocycles. The summed E-state index contributed by atoms with van der Waals surface area (Å²) in [6.45, 7) is 8.22. The normalized spacial score (nSPS) is 17.2. The first-order valence-corrected chi connectivity index (χ1v) is 4.62. The maximum absolute atomic E-state index is 11.5. The molecule has 0 unspecified atom stereocenters. The lowest BCUT2D eigenvalue weighted by Gasteiger charge is -2.26. The number of ketones is 1. The second-order valence-electron chi connectivity index (χ2n) is 4.45. The number of Topliss-reactive ketones (excluding diaryl/α,β-unsaturated/α-hetero) is 1. The maximum atomic E-state index is 11.5. The summed E-state index contributed by atoms with van der Waals surface area (Å²) in [5.41, 5.74) is -1.35. The van der Waals surface area contributed by atoms with Crippen LogP contribution in [0.15, 0.2) is 0 Å². The Kier molecular flexibility index (Phi) is 4.07. The van der Waals surface area contributed by atoms with Crippen molar-refractivity contribution in [1.82, 2.24) is 0 Å². The van der Waals surface area contributed by atoms with Crippen LogP contribution in [0.25, 0.3) is 0 Å². The maximum Gasteiger partial charge on any atom is 0.169 e. The predicted molar refractivity (Wildman–Crippen MR) is 51.3 cm³/mol. The SMILES string of the molecule is CC(C)[C@H](O)[C@@H](C)C(=O)C(C)(C)O. The fraction of sp³-hybridized carbons (Fsp3) is 0.900. The summed E-state index contributed by atoms with van der Waals surface area (Å²) >= 11 is 0. The number of hydrogen-bond donors (Lipinski definition) is 2. The van der Waals surface area contributed by atoms with E-state index in [9.17, 15) is 15.0 Å². The summed E-state index contributed by atoms with van der Waals surface area (Å²) in [6, 6.07) is 0. The van der Waals surface area contributed by atoms with Crippen LogP contribution in [0.4, 0.5) is 0 Å². The average Bonchev–Trinajstić information content (AvgIpc) is 1.98. The summed E-state index contributed by atoms with van der Waals surface area (Å²) in [6.07, 6.45) is -0.682. The summed E-state index contributed by atoms with van der Waals surface area (Å²) in [7, 11) is 0. The molecule has 0 aliphatic heterocycles. The van der Waals surface area contributed by atoms with E-state index in [0.717, 1.165) is 0 Å². The largest absolute Gasteiger partial charge is 0.392 e. The van der Waals surface area contributed by atoms with Gasteiger partial charge in [-0.2, -0.15) is 0 Å². The van der Waals surface area contributed by atoms with Crippen molar-refractivity contribution in [2.45, 2.75) is 46.3 Å². The molecule has 3 heteroatoms. The monoisotopic (exact) mass is 188 g/mol. The van der Waals surface area contributed by atoms with E-state index in [4.69, 9.17) is 0 Å². The van der Waals surface area contributed by atoms with Gasteiger partial charge in [0.25, 0.3) is 0 Å². The van der Waals surface area contributed by atoms with Crippen LogP contribution < -0.4 is 0 Å². The molecule has 0 spiro atoms. The van der Waals surface area contributed by atoms with Crippen molar-refractivity contribution in [2.75, 3.05) is 0 Å². The molecule has 2 N–H and O–H groups in total. The molecular formula is C10H20O3. The van der Waals surface area contributed by atoms with E-state index in [2.05, 4.69) is 0 Å². The van der Waals surface area contributed by atoms with E-state index >= 15 is 0 Å². The Morgan fingerprint density at radius 1 is 1.23 bits per heavy atom. The summed E-state index contributed by atoms with van der Waals surface area (Å²) in [5.74, 6) is -0.796. The van der Waals surface area contributed by atoms with Gasteiger partial charge in [0.15, 0.2) is 5.78 Å². The molecular weight excluding hydrogens is 168 g/mol. The van der Waals surface area contributed by atoms with Crippen LogP contribution in [0.3, 0.4) is 0 Å². The van der Waals surface area contributed by atoms with Crippen molar-refractivity contribution in [3.63, 3.8) is 0 Å². The van der Waals surface area contributed by atoms with Crippen LogP contribution >= 0.6 is 0 Å². The molecule has 0 saturated heterocycles. The molecule has 0 radical (unpaired) electrons. The highest BCUT2D eigenvalue weighted by molar-refractivity contribution is 5.88. The Bertz CT molecular complexity index is 179. The van der Waals surface area contributed by atoms with Gasteiger partial charge in [0, 0.05) is 5.92 Å². The summed E-state index contributed by atoms with van der Waals surface area (Å²) in [4.78, 5) is 11.5. The highest BCUT2D eigenvalue weighted by Gasteiger charge is 2.33. The number of carbonyl (C=O) groups is 1. The third kappa shape index (κ3) is 3.44. The van der Waals surface area contributed by atoms with Crippen molar-refractivity contribution >= 4 is 5.78 Å². The molecule has 0 amide bonds. The molecule has 0 aliphatic carbocycles. The molecule has 0 rings (SSSR count). The minimum absolute atomic E-state index is 0.0290. The highest BCUT2D eigenvalue weighted by atomic mass is 16.3. The lowest BCUT2D eigenvalue weighted by molar-refractivity contribution is -0.142. The fourth-order valence-corrected chi connectivity index (χ4v) is 1.29. The zero-order valence-corrected chi connectivity index (χ0v) is 9.03. The molecule has 3 nitrogen and oxygen atoms in total. The third-order valence-corrected chi connectivity index (χ3v) is 2.21. The first kappa shape index (κ1) is 12.6. The molecule has 0 fully saturated rings. The molecule has 2 atom stereocenters. The molecule has 0 saturated carbocycles. The number of rotatable bonds is 4. The van der Waals surface area contributed by atoms with Gasteiger partial charge in [0.1, 0.15) is 5.60 Å². The van der Waals surface area contributed by atoms with Gasteiger partial charge in [0.05, 0.1) is 6.10 Å². The van der Waals surface area contributed by atoms with Gasteiger partial charge in [-0.3, -0.25) is 4.79 Å². The van der Waals surface area contributed by atoms with Gasteiger partial charge >= 0.3 is 0 Å². The van der Waals surface area contributed by atoms with E-state index < -0.39 is 17.6 Å². The van der Waals surface area contributed by atoms with E-state index in [0.29, 0.717) is 0 Å². The van der Waals surface area contributed by atoms with Crippen LogP contribution in [-0.4, -0.2) is 27.7 Å². The lowest BCUT2D eigenvalue weighted by Crippen LogP contribution is -2.42. The van der Waals surface area contributed by atoms with Gasteiger partial charge in [0.2, 0.25) is 0 Å². The van der Waals surface area contributed by atoms with Crippen molar-refractivity contribution in [1.29, 1.82) is 0 Å². The second-order valence-corrected chi connectivity index (χ2v) is 4.45. The molecule has 0 bridgehead atoms. The molecule has 78 valence electrons. The number of aliphatic hydroxyl groups is 2. The molecule has 13 heavy (non-hydrogen) atoms. The van der Waals surface area contributed by atoms with Gasteiger partial charge in [-0.15, -0.1) is 0 Å². The van der Waals surface area contributed by atoms with Gasteiger partial charge in [-0.1, -0.05) is 20.8 Å². The zero-order chi connectivity index (χ0) is 10.8. The Labute approximate surface area is 79.8 Å². The minimum atomic E-state index is -1.35. The standard InChI is InChI=1S/C10H20O3/c1-6(2)8(11)7(3)9(12)10(4,5)13/h6-8,11,13H,1-5H3/t7-,8+/m1/s1. The Morgan fingerprint density at radius 2 is 1.62 bits per heavy atom.